The molecular weight excluding hydrogens is 376 g/mol. The normalized spacial score (nSPS) is 15.6. The van der Waals surface area contributed by atoms with Crippen LogP contribution in [0.4, 0.5) is 0 Å². The Morgan fingerprint density at radius 1 is 1.08 bits per heavy atom. The minimum absolute atomic E-state index is 0.0232. The van der Waals surface area contributed by atoms with Crippen LogP contribution in [-0.2, 0) is 10.0 Å². The molecule has 0 spiro atoms. The van der Waals surface area contributed by atoms with Crippen molar-refractivity contribution in [2.24, 2.45) is 0 Å². The highest BCUT2D eigenvalue weighted by Gasteiger charge is 2.38. The summed E-state index contributed by atoms with van der Waals surface area (Å²) in [6, 6.07) is 13.4. The summed E-state index contributed by atoms with van der Waals surface area (Å²) in [5.41, 5.74) is 0. The van der Waals surface area contributed by atoms with E-state index in [9.17, 15) is 8.42 Å². The van der Waals surface area contributed by atoms with Crippen LogP contribution in [0.15, 0.2) is 65.8 Å². The molecule has 26 heavy (non-hydrogen) atoms. The fourth-order valence-electron chi connectivity index (χ4n) is 2.68. The van der Waals surface area contributed by atoms with Gasteiger partial charge in [0.1, 0.15) is 11.5 Å². The van der Waals surface area contributed by atoms with Gasteiger partial charge in [0.2, 0.25) is 10.0 Å². The van der Waals surface area contributed by atoms with E-state index in [-0.39, 0.29) is 10.9 Å². The van der Waals surface area contributed by atoms with Crippen molar-refractivity contribution in [3.8, 4) is 11.5 Å². The van der Waals surface area contributed by atoms with Gasteiger partial charge in [-0.2, -0.15) is 4.31 Å². The topological polar surface area (TPSA) is 77.3 Å². The standard InChI is InChI=1S/C17H15ClN4O3S/c18-16-3-1-2-4-17(16)25-14-5-7-15(8-6-14)26(23,24)21-11-13(12-21)22-10-9-19-20-22/h1-10,13H,11-12H2. The molecule has 1 aliphatic heterocycles. The predicted octanol–water partition coefficient (Wildman–Crippen LogP) is 2.97. The van der Waals surface area contributed by atoms with Gasteiger partial charge in [-0.05, 0) is 36.4 Å². The van der Waals surface area contributed by atoms with E-state index in [0.29, 0.717) is 29.6 Å². The molecule has 0 N–H and O–H groups in total. The van der Waals surface area contributed by atoms with Crippen LogP contribution in [0.1, 0.15) is 6.04 Å². The van der Waals surface area contributed by atoms with E-state index in [0.717, 1.165) is 0 Å². The lowest BCUT2D eigenvalue weighted by Gasteiger charge is -2.37. The van der Waals surface area contributed by atoms with Crippen molar-refractivity contribution < 1.29 is 13.2 Å². The molecule has 134 valence electrons. The lowest BCUT2D eigenvalue weighted by atomic mass is 10.2. The average molecular weight is 391 g/mol. The number of hydrogen-bond acceptors (Lipinski definition) is 5. The van der Waals surface area contributed by atoms with Crippen molar-refractivity contribution in [2.75, 3.05) is 13.1 Å². The Morgan fingerprint density at radius 2 is 1.81 bits per heavy atom. The van der Waals surface area contributed by atoms with E-state index in [4.69, 9.17) is 16.3 Å². The fourth-order valence-corrected chi connectivity index (χ4v) is 4.36. The van der Waals surface area contributed by atoms with Gasteiger partial charge in [-0.25, -0.2) is 13.1 Å². The Bertz CT molecular complexity index is 1000. The third-order valence-electron chi connectivity index (χ3n) is 4.17. The van der Waals surface area contributed by atoms with Crippen LogP contribution in [0.3, 0.4) is 0 Å². The summed E-state index contributed by atoms with van der Waals surface area (Å²) in [6.45, 7) is 0.757. The van der Waals surface area contributed by atoms with Gasteiger partial charge in [-0.3, -0.25) is 0 Å². The maximum absolute atomic E-state index is 12.7. The Hall–Kier alpha value is -2.42. The molecule has 2 aromatic carbocycles. The van der Waals surface area contributed by atoms with Crippen LogP contribution < -0.4 is 4.74 Å². The van der Waals surface area contributed by atoms with Gasteiger partial charge in [0.05, 0.1) is 22.2 Å². The maximum Gasteiger partial charge on any atom is 0.243 e. The molecule has 0 atom stereocenters. The van der Waals surface area contributed by atoms with E-state index >= 15 is 0 Å². The molecule has 4 rings (SSSR count). The van der Waals surface area contributed by atoms with Crippen molar-refractivity contribution in [3.05, 3.63) is 65.9 Å². The lowest BCUT2D eigenvalue weighted by Crippen LogP contribution is -2.50. The van der Waals surface area contributed by atoms with E-state index in [1.807, 2.05) is 12.1 Å². The lowest BCUT2D eigenvalue weighted by molar-refractivity contribution is 0.189. The van der Waals surface area contributed by atoms with E-state index < -0.39 is 10.0 Å². The number of rotatable bonds is 5. The molecule has 0 saturated carbocycles. The zero-order valence-corrected chi connectivity index (χ0v) is 15.1. The fraction of sp³-hybridized carbons (Fsp3) is 0.176. The van der Waals surface area contributed by atoms with Gasteiger partial charge < -0.3 is 4.74 Å². The summed E-state index contributed by atoms with van der Waals surface area (Å²) in [5, 5.41) is 8.14. The van der Waals surface area contributed by atoms with Crippen LogP contribution in [0.25, 0.3) is 0 Å². The third-order valence-corrected chi connectivity index (χ3v) is 6.33. The van der Waals surface area contributed by atoms with Crippen LogP contribution in [-0.4, -0.2) is 40.8 Å². The summed E-state index contributed by atoms with van der Waals surface area (Å²) >= 11 is 6.06. The Labute approximate surface area is 155 Å². The van der Waals surface area contributed by atoms with Gasteiger partial charge in [0, 0.05) is 19.3 Å². The van der Waals surface area contributed by atoms with Gasteiger partial charge in [0.15, 0.2) is 0 Å². The highest BCUT2D eigenvalue weighted by Crippen LogP contribution is 2.31. The quantitative estimate of drug-likeness (QED) is 0.669. The number of ether oxygens (including phenoxy) is 1. The van der Waals surface area contributed by atoms with Crippen molar-refractivity contribution in [3.63, 3.8) is 0 Å². The van der Waals surface area contributed by atoms with Gasteiger partial charge >= 0.3 is 0 Å². The monoisotopic (exact) mass is 390 g/mol. The third kappa shape index (κ3) is 3.18. The van der Waals surface area contributed by atoms with Crippen LogP contribution in [0, 0.1) is 0 Å². The molecule has 3 aromatic rings. The summed E-state index contributed by atoms with van der Waals surface area (Å²) in [4.78, 5) is 0.223. The molecule has 0 bridgehead atoms. The van der Waals surface area contributed by atoms with Gasteiger partial charge in [-0.15, -0.1) is 5.10 Å². The number of hydrogen-bond donors (Lipinski definition) is 0. The van der Waals surface area contributed by atoms with Crippen LogP contribution in [0.5, 0.6) is 11.5 Å². The smallest absolute Gasteiger partial charge is 0.243 e. The summed E-state index contributed by atoms with van der Waals surface area (Å²) in [6.07, 6.45) is 3.31. The molecule has 2 heterocycles. The molecule has 1 saturated heterocycles. The number of nitrogens with zero attached hydrogens (tertiary/aromatic N) is 4. The molecular formula is C17H15ClN4O3S. The van der Waals surface area contributed by atoms with E-state index in [2.05, 4.69) is 10.3 Å². The Balaban J connectivity index is 1.45. The number of para-hydroxylation sites is 1. The molecule has 0 amide bonds. The minimum Gasteiger partial charge on any atom is -0.456 e. The van der Waals surface area contributed by atoms with Gasteiger partial charge in [0.25, 0.3) is 0 Å². The highest BCUT2D eigenvalue weighted by atomic mass is 35.5. The zero-order chi connectivity index (χ0) is 18.1. The second-order valence-corrected chi connectivity index (χ2v) is 8.21. The first-order valence-corrected chi connectivity index (χ1v) is 9.74. The Morgan fingerprint density at radius 3 is 2.46 bits per heavy atom. The van der Waals surface area contributed by atoms with Crippen molar-refractivity contribution >= 4 is 21.6 Å². The Kier molecular flexibility index (Phi) is 4.39. The molecule has 0 radical (unpaired) electrons. The number of sulfonamides is 1. The van der Waals surface area contributed by atoms with Crippen molar-refractivity contribution in [1.82, 2.24) is 19.3 Å². The molecule has 1 aliphatic rings. The van der Waals surface area contributed by atoms with Crippen LogP contribution >= 0.6 is 11.6 Å². The predicted molar refractivity (Wildman–Crippen MR) is 95.8 cm³/mol. The number of halogens is 1. The molecule has 0 aliphatic carbocycles. The SMILES string of the molecule is O=S(=O)(c1ccc(Oc2ccccc2Cl)cc1)N1CC(n2ccnn2)C1. The van der Waals surface area contributed by atoms with Crippen LogP contribution in [0.2, 0.25) is 5.02 Å². The summed E-state index contributed by atoms with van der Waals surface area (Å²) < 4.78 is 34.1. The number of aromatic nitrogens is 3. The first kappa shape index (κ1) is 17.0. The average Bonchev–Trinajstić information content (AvgIpc) is 3.10. The summed E-state index contributed by atoms with van der Waals surface area (Å²) in [7, 11) is -3.53. The first-order valence-electron chi connectivity index (χ1n) is 7.92. The molecule has 1 fully saturated rings. The van der Waals surface area contributed by atoms with E-state index in [1.54, 1.807) is 41.3 Å². The minimum atomic E-state index is -3.53. The first-order chi connectivity index (χ1) is 12.5. The molecule has 0 unspecified atom stereocenters. The zero-order valence-electron chi connectivity index (χ0n) is 13.6. The number of benzene rings is 2. The molecule has 9 heteroatoms. The maximum atomic E-state index is 12.7. The molecule has 7 nitrogen and oxygen atoms in total. The van der Waals surface area contributed by atoms with Gasteiger partial charge in [-0.1, -0.05) is 28.9 Å². The largest absolute Gasteiger partial charge is 0.456 e. The summed E-state index contributed by atoms with van der Waals surface area (Å²) in [5.74, 6) is 1.03. The highest BCUT2D eigenvalue weighted by molar-refractivity contribution is 7.89. The van der Waals surface area contributed by atoms with E-state index in [1.165, 1.54) is 16.4 Å². The van der Waals surface area contributed by atoms with Crippen molar-refractivity contribution in [2.45, 2.75) is 10.9 Å². The second-order valence-electron chi connectivity index (χ2n) is 5.86. The second kappa shape index (κ2) is 6.71. The molecule has 1 aromatic heterocycles. The van der Waals surface area contributed by atoms with Crippen molar-refractivity contribution in [1.29, 1.82) is 0 Å².